The van der Waals surface area contributed by atoms with Crippen LogP contribution in [0.1, 0.15) is 41.7 Å². The molecule has 0 saturated heterocycles. The standard InChI is InChI=1S/C19H18ClNO3/c1-12(13-5-7-14(20)8-6-13)21(15-9-10-15)19(22)16-3-2-4-17-18(16)24-11-23-17/h2-8,12,15H,9-11H2,1H3. The molecule has 1 heterocycles. The largest absolute Gasteiger partial charge is 0.454 e. The van der Waals surface area contributed by atoms with Gasteiger partial charge in [0.2, 0.25) is 6.79 Å². The Morgan fingerprint density at radius 1 is 1.17 bits per heavy atom. The molecule has 1 fully saturated rings. The number of carbonyl (C=O) groups excluding carboxylic acids is 1. The van der Waals surface area contributed by atoms with Gasteiger partial charge in [-0.05, 0) is 49.6 Å². The molecule has 0 bridgehead atoms. The van der Waals surface area contributed by atoms with Gasteiger partial charge in [-0.2, -0.15) is 0 Å². The van der Waals surface area contributed by atoms with Crippen LogP contribution in [0.25, 0.3) is 0 Å². The second-order valence-electron chi connectivity index (χ2n) is 6.21. The van der Waals surface area contributed by atoms with Gasteiger partial charge in [0.1, 0.15) is 0 Å². The average Bonchev–Trinajstić information content (AvgIpc) is 3.30. The Bertz CT molecular complexity index is 771. The van der Waals surface area contributed by atoms with Gasteiger partial charge in [0, 0.05) is 11.1 Å². The highest BCUT2D eigenvalue weighted by Gasteiger charge is 2.38. The molecule has 24 heavy (non-hydrogen) atoms. The molecule has 1 aliphatic carbocycles. The molecular formula is C19H18ClNO3. The summed E-state index contributed by atoms with van der Waals surface area (Å²) < 4.78 is 10.9. The van der Waals surface area contributed by atoms with Crippen LogP contribution >= 0.6 is 11.6 Å². The number of fused-ring (bicyclic) bond motifs is 1. The van der Waals surface area contributed by atoms with Crippen molar-refractivity contribution in [3.8, 4) is 11.5 Å². The molecule has 1 unspecified atom stereocenters. The molecule has 1 amide bonds. The lowest BCUT2D eigenvalue weighted by molar-refractivity contribution is 0.0669. The Morgan fingerprint density at radius 3 is 2.62 bits per heavy atom. The molecule has 2 aromatic rings. The van der Waals surface area contributed by atoms with Crippen LogP contribution in [0.4, 0.5) is 0 Å². The van der Waals surface area contributed by atoms with Crippen molar-refractivity contribution in [3.05, 3.63) is 58.6 Å². The minimum atomic E-state index is -0.0274. The fraction of sp³-hybridized carbons (Fsp3) is 0.316. The zero-order chi connectivity index (χ0) is 16.7. The van der Waals surface area contributed by atoms with Crippen LogP contribution < -0.4 is 9.47 Å². The third-order valence-corrected chi connectivity index (χ3v) is 4.82. The van der Waals surface area contributed by atoms with Crippen LogP contribution in [-0.4, -0.2) is 23.6 Å². The van der Waals surface area contributed by atoms with Crippen molar-refractivity contribution >= 4 is 17.5 Å². The minimum Gasteiger partial charge on any atom is -0.454 e. The number of ether oxygens (including phenoxy) is 2. The van der Waals surface area contributed by atoms with Crippen molar-refractivity contribution in [2.24, 2.45) is 0 Å². The molecule has 124 valence electrons. The predicted molar refractivity (Wildman–Crippen MR) is 91.6 cm³/mol. The van der Waals surface area contributed by atoms with E-state index in [9.17, 15) is 4.79 Å². The van der Waals surface area contributed by atoms with Crippen LogP contribution in [0, 0.1) is 0 Å². The summed E-state index contributed by atoms with van der Waals surface area (Å²) in [7, 11) is 0. The molecule has 0 spiro atoms. The van der Waals surface area contributed by atoms with Crippen LogP contribution in [0.3, 0.4) is 0 Å². The van der Waals surface area contributed by atoms with Crippen molar-refractivity contribution in [3.63, 3.8) is 0 Å². The van der Waals surface area contributed by atoms with Gasteiger partial charge < -0.3 is 14.4 Å². The number of nitrogens with zero attached hydrogens (tertiary/aromatic N) is 1. The first kappa shape index (κ1) is 15.3. The molecule has 0 radical (unpaired) electrons. The van der Waals surface area contributed by atoms with E-state index in [2.05, 4.69) is 6.92 Å². The summed E-state index contributed by atoms with van der Waals surface area (Å²) >= 11 is 5.98. The van der Waals surface area contributed by atoms with Gasteiger partial charge in [-0.1, -0.05) is 29.8 Å². The summed E-state index contributed by atoms with van der Waals surface area (Å²) in [4.78, 5) is 15.2. The molecule has 2 aromatic carbocycles. The SMILES string of the molecule is CC(c1ccc(Cl)cc1)N(C(=O)c1cccc2c1OCO2)C1CC1. The number of para-hydroxylation sites is 1. The van der Waals surface area contributed by atoms with E-state index in [1.54, 1.807) is 6.07 Å². The first-order valence-electron chi connectivity index (χ1n) is 8.12. The second kappa shape index (κ2) is 6.02. The monoisotopic (exact) mass is 343 g/mol. The Morgan fingerprint density at radius 2 is 1.92 bits per heavy atom. The van der Waals surface area contributed by atoms with Crippen LogP contribution in [0.5, 0.6) is 11.5 Å². The van der Waals surface area contributed by atoms with Crippen LogP contribution in [0.15, 0.2) is 42.5 Å². The normalized spacial score (nSPS) is 16.8. The highest BCUT2D eigenvalue weighted by Crippen LogP contribution is 2.40. The molecule has 1 atom stereocenters. The fourth-order valence-electron chi connectivity index (χ4n) is 3.15. The lowest BCUT2D eigenvalue weighted by Crippen LogP contribution is -2.35. The van der Waals surface area contributed by atoms with Crippen LogP contribution in [0.2, 0.25) is 5.02 Å². The number of amides is 1. The lowest BCUT2D eigenvalue weighted by atomic mass is 10.0. The quantitative estimate of drug-likeness (QED) is 0.824. The van der Waals surface area contributed by atoms with E-state index in [-0.39, 0.29) is 24.8 Å². The highest BCUT2D eigenvalue weighted by atomic mass is 35.5. The fourth-order valence-corrected chi connectivity index (χ4v) is 3.28. The zero-order valence-corrected chi connectivity index (χ0v) is 14.1. The summed E-state index contributed by atoms with van der Waals surface area (Å²) in [5.74, 6) is 1.18. The summed E-state index contributed by atoms with van der Waals surface area (Å²) in [5.41, 5.74) is 1.64. The van der Waals surface area contributed by atoms with Crippen LogP contribution in [-0.2, 0) is 0 Å². The Hall–Kier alpha value is -2.20. The summed E-state index contributed by atoms with van der Waals surface area (Å²) in [6, 6.07) is 13.4. The Balaban J connectivity index is 1.67. The highest BCUT2D eigenvalue weighted by molar-refractivity contribution is 6.30. The third kappa shape index (κ3) is 2.71. The molecule has 2 aliphatic rings. The molecule has 0 N–H and O–H groups in total. The maximum Gasteiger partial charge on any atom is 0.258 e. The van der Waals surface area contributed by atoms with Gasteiger partial charge >= 0.3 is 0 Å². The van der Waals surface area contributed by atoms with E-state index in [1.165, 1.54) is 0 Å². The van der Waals surface area contributed by atoms with E-state index < -0.39 is 0 Å². The summed E-state index contributed by atoms with van der Waals surface area (Å²) in [5, 5.41) is 0.696. The lowest BCUT2D eigenvalue weighted by Gasteiger charge is -2.30. The predicted octanol–water partition coefficient (Wildman–Crippen LogP) is 4.43. The molecule has 4 nitrogen and oxygen atoms in total. The van der Waals surface area contributed by atoms with Crippen molar-refractivity contribution in [2.75, 3.05) is 6.79 Å². The van der Waals surface area contributed by atoms with E-state index in [0.717, 1.165) is 18.4 Å². The van der Waals surface area contributed by atoms with Gasteiger partial charge in [-0.25, -0.2) is 0 Å². The van der Waals surface area contributed by atoms with E-state index in [4.69, 9.17) is 21.1 Å². The van der Waals surface area contributed by atoms with Crippen molar-refractivity contribution < 1.29 is 14.3 Å². The van der Waals surface area contributed by atoms with E-state index in [0.29, 0.717) is 22.1 Å². The number of hydrogen-bond donors (Lipinski definition) is 0. The van der Waals surface area contributed by atoms with Gasteiger partial charge in [-0.15, -0.1) is 0 Å². The van der Waals surface area contributed by atoms with Gasteiger partial charge in [0.05, 0.1) is 11.6 Å². The number of hydrogen-bond acceptors (Lipinski definition) is 3. The van der Waals surface area contributed by atoms with Gasteiger partial charge in [-0.3, -0.25) is 4.79 Å². The number of carbonyl (C=O) groups is 1. The molecule has 5 heteroatoms. The number of rotatable bonds is 4. The number of halogens is 1. The molecule has 1 saturated carbocycles. The summed E-state index contributed by atoms with van der Waals surface area (Å²) in [6.45, 7) is 2.22. The third-order valence-electron chi connectivity index (χ3n) is 4.57. The Labute approximate surface area is 145 Å². The first-order chi connectivity index (χ1) is 11.6. The van der Waals surface area contributed by atoms with Crippen molar-refractivity contribution in [1.82, 2.24) is 4.90 Å². The van der Waals surface area contributed by atoms with Gasteiger partial charge in [0.25, 0.3) is 5.91 Å². The van der Waals surface area contributed by atoms with Crippen molar-refractivity contribution in [2.45, 2.75) is 31.8 Å². The Kier molecular flexibility index (Phi) is 3.85. The van der Waals surface area contributed by atoms with E-state index >= 15 is 0 Å². The zero-order valence-electron chi connectivity index (χ0n) is 13.4. The van der Waals surface area contributed by atoms with Gasteiger partial charge in [0.15, 0.2) is 11.5 Å². The molecule has 1 aliphatic heterocycles. The average molecular weight is 344 g/mol. The summed E-state index contributed by atoms with van der Waals surface area (Å²) in [6.07, 6.45) is 2.08. The molecule has 4 rings (SSSR count). The smallest absolute Gasteiger partial charge is 0.258 e. The maximum atomic E-state index is 13.2. The topological polar surface area (TPSA) is 38.8 Å². The minimum absolute atomic E-state index is 0.0118. The number of benzene rings is 2. The maximum absolute atomic E-state index is 13.2. The van der Waals surface area contributed by atoms with E-state index in [1.807, 2.05) is 41.3 Å². The molecule has 0 aromatic heterocycles. The van der Waals surface area contributed by atoms with Crippen molar-refractivity contribution in [1.29, 1.82) is 0 Å². The molecular weight excluding hydrogens is 326 g/mol. The first-order valence-corrected chi connectivity index (χ1v) is 8.49. The second-order valence-corrected chi connectivity index (χ2v) is 6.65.